The Kier molecular flexibility index (Phi) is 3.69. The minimum absolute atomic E-state index is 0.0293. The zero-order valence-electron chi connectivity index (χ0n) is 17.9. The van der Waals surface area contributed by atoms with Gasteiger partial charge in [-0.3, -0.25) is 0 Å². The molecule has 6 nitrogen and oxygen atoms in total. The Labute approximate surface area is 187 Å². The molecule has 0 spiro atoms. The van der Waals surface area contributed by atoms with Crippen LogP contribution in [-0.2, 0) is 0 Å². The van der Waals surface area contributed by atoms with Crippen molar-refractivity contribution in [2.45, 2.75) is 36.0 Å². The van der Waals surface area contributed by atoms with Crippen LogP contribution in [0.3, 0.4) is 0 Å². The zero-order valence-corrected chi connectivity index (χ0v) is 17.9. The summed E-state index contributed by atoms with van der Waals surface area (Å²) in [5.41, 5.74) is 0.118. The first kappa shape index (κ1) is 19.6. The van der Waals surface area contributed by atoms with Gasteiger partial charge in [0.15, 0.2) is 0 Å². The molecular formula is C26H30N2O4. The highest BCUT2D eigenvalue weighted by Gasteiger charge is 2.96. The van der Waals surface area contributed by atoms with E-state index in [0.717, 1.165) is 11.1 Å². The number of aliphatic hydroxyl groups excluding tert-OH is 4. The quantitative estimate of drug-likeness (QED) is 0.388. The molecule has 4 saturated heterocycles. The third kappa shape index (κ3) is 1.60. The summed E-state index contributed by atoms with van der Waals surface area (Å²) in [7, 11) is 0. The van der Waals surface area contributed by atoms with Crippen LogP contribution in [0.4, 0.5) is 0 Å². The van der Waals surface area contributed by atoms with Gasteiger partial charge in [-0.05, 0) is 11.1 Å². The molecule has 0 atom stereocenters. The molecule has 6 aliphatic rings. The first-order chi connectivity index (χ1) is 15.6. The zero-order chi connectivity index (χ0) is 21.9. The number of hydrogen-bond acceptors (Lipinski definition) is 6. The molecule has 2 aromatic rings. The average molecular weight is 435 g/mol. The van der Waals surface area contributed by atoms with E-state index in [-0.39, 0.29) is 62.4 Å². The Hall–Kier alpha value is -1.80. The van der Waals surface area contributed by atoms with Crippen molar-refractivity contribution in [1.82, 2.24) is 10.6 Å². The van der Waals surface area contributed by atoms with Gasteiger partial charge in [0.25, 0.3) is 0 Å². The number of benzene rings is 2. The van der Waals surface area contributed by atoms with Crippen molar-refractivity contribution in [2.24, 2.45) is 21.7 Å². The van der Waals surface area contributed by atoms with Crippen LogP contribution in [-0.4, -0.2) is 71.0 Å². The molecule has 32 heavy (non-hydrogen) atoms. The van der Waals surface area contributed by atoms with Crippen LogP contribution >= 0.6 is 0 Å². The number of aliphatic hydroxyl groups is 4. The van der Waals surface area contributed by atoms with E-state index in [1.807, 2.05) is 36.4 Å². The molecule has 2 aliphatic carbocycles. The van der Waals surface area contributed by atoms with Crippen LogP contribution in [0.25, 0.3) is 0 Å². The van der Waals surface area contributed by atoms with Crippen molar-refractivity contribution in [2.75, 3.05) is 26.4 Å². The molecule has 2 aromatic carbocycles. The van der Waals surface area contributed by atoms with Gasteiger partial charge < -0.3 is 31.1 Å². The van der Waals surface area contributed by atoms with Crippen molar-refractivity contribution in [3.8, 4) is 0 Å². The van der Waals surface area contributed by atoms with Gasteiger partial charge in [-0.2, -0.15) is 0 Å². The summed E-state index contributed by atoms with van der Waals surface area (Å²) in [5.74, 6) is -0.121. The lowest BCUT2D eigenvalue weighted by atomic mass is 9.17. The predicted molar refractivity (Wildman–Crippen MR) is 118 cm³/mol. The normalized spacial score (nSPS) is 51.2. The monoisotopic (exact) mass is 434 g/mol. The summed E-state index contributed by atoms with van der Waals surface area (Å²) in [5, 5.41) is 51.5. The fourth-order valence-corrected chi connectivity index (χ4v) is 10.0. The maximum atomic E-state index is 11.0. The second kappa shape index (κ2) is 6.00. The Bertz CT molecular complexity index is 915. The van der Waals surface area contributed by atoms with Gasteiger partial charge in [0, 0.05) is 57.7 Å². The van der Waals surface area contributed by atoms with Crippen LogP contribution in [0.15, 0.2) is 60.7 Å². The molecule has 6 N–H and O–H groups in total. The van der Waals surface area contributed by atoms with E-state index in [1.54, 1.807) is 0 Å². The van der Waals surface area contributed by atoms with Gasteiger partial charge in [0.1, 0.15) is 0 Å². The molecule has 168 valence electrons. The smallest absolute Gasteiger partial charge is 0.0524 e. The van der Waals surface area contributed by atoms with E-state index >= 15 is 0 Å². The van der Waals surface area contributed by atoms with Crippen molar-refractivity contribution in [3.63, 3.8) is 0 Å². The van der Waals surface area contributed by atoms with Crippen LogP contribution in [0, 0.1) is 21.7 Å². The predicted octanol–water partition coefficient (Wildman–Crippen LogP) is 0.190. The fraction of sp³-hybridized carbons (Fsp3) is 0.538. The standard InChI is InChI=1S/C26H30N2O4/c29-11-23-17(15-7-3-1-4-8-15)24(12-30)21-26(14-32)18(16-9-5-2-6-10-16)25(13-31,19(23)27-21)20(23)28-22(24)26/h1-10,17-22,27-32H,11-14H2. The number of piperidine rings is 4. The van der Waals surface area contributed by atoms with Gasteiger partial charge >= 0.3 is 0 Å². The van der Waals surface area contributed by atoms with Crippen LogP contribution in [0.5, 0.6) is 0 Å². The molecule has 0 radical (unpaired) electrons. The van der Waals surface area contributed by atoms with E-state index < -0.39 is 21.7 Å². The molecule has 4 heterocycles. The lowest BCUT2D eigenvalue weighted by Gasteiger charge is -2.94. The third-order valence-electron chi connectivity index (χ3n) is 10.5. The van der Waals surface area contributed by atoms with E-state index in [1.165, 1.54) is 0 Å². The van der Waals surface area contributed by atoms with Gasteiger partial charge in [-0.15, -0.1) is 0 Å². The molecule has 0 aromatic heterocycles. The summed E-state index contributed by atoms with van der Waals surface area (Å²) in [6.07, 6.45) is 0. The summed E-state index contributed by atoms with van der Waals surface area (Å²) in [4.78, 5) is 0. The summed E-state index contributed by atoms with van der Waals surface area (Å²) in [6.45, 7) is -0.117. The molecule has 0 amide bonds. The van der Waals surface area contributed by atoms with Crippen LogP contribution in [0.2, 0.25) is 0 Å². The Morgan fingerprint density at radius 2 is 0.781 bits per heavy atom. The number of hydrogen-bond donors (Lipinski definition) is 6. The maximum absolute atomic E-state index is 11.0. The summed E-state index contributed by atoms with van der Waals surface area (Å²) < 4.78 is 0. The van der Waals surface area contributed by atoms with Crippen molar-refractivity contribution in [3.05, 3.63) is 71.8 Å². The molecular weight excluding hydrogens is 404 g/mol. The highest BCUT2D eigenvalue weighted by Crippen LogP contribution is 2.87. The summed E-state index contributed by atoms with van der Waals surface area (Å²) >= 11 is 0. The lowest BCUT2D eigenvalue weighted by molar-refractivity contribution is -0.412. The minimum atomic E-state index is -0.533. The topological polar surface area (TPSA) is 105 Å². The molecule has 8 rings (SSSR count). The first-order valence-corrected chi connectivity index (χ1v) is 11.7. The Morgan fingerprint density at radius 1 is 0.500 bits per heavy atom. The van der Waals surface area contributed by atoms with E-state index in [4.69, 9.17) is 0 Å². The van der Waals surface area contributed by atoms with Gasteiger partial charge in [0.2, 0.25) is 0 Å². The third-order valence-corrected chi connectivity index (χ3v) is 10.5. The molecule has 2 saturated carbocycles. The highest BCUT2D eigenvalue weighted by molar-refractivity contribution is 5.56. The van der Waals surface area contributed by atoms with E-state index in [0.29, 0.717) is 0 Å². The number of nitrogens with one attached hydrogen (secondary N) is 2. The molecule has 4 aliphatic heterocycles. The summed E-state index contributed by atoms with van der Waals surface area (Å²) in [6, 6.07) is 20.0. The maximum Gasteiger partial charge on any atom is 0.0524 e. The Balaban J connectivity index is 1.52. The molecule has 8 bridgehead atoms. The SMILES string of the molecule is OCC12C3NC4C(CO)(C5NC1C3(CO)C(c1ccccc1)C45CO)C2c1ccccc1. The molecule has 0 unspecified atom stereocenters. The fourth-order valence-electron chi connectivity index (χ4n) is 10.0. The second-order valence-corrected chi connectivity index (χ2v) is 10.8. The number of rotatable bonds is 6. The molecule has 6 fully saturated rings. The lowest BCUT2D eigenvalue weighted by Crippen LogP contribution is -3.07. The van der Waals surface area contributed by atoms with Gasteiger partial charge in [-0.1, -0.05) is 60.7 Å². The van der Waals surface area contributed by atoms with Gasteiger partial charge in [0.05, 0.1) is 26.4 Å². The van der Waals surface area contributed by atoms with Gasteiger partial charge in [-0.25, -0.2) is 0 Å². The van der Waals surface area contributed by atoms with Crippen molar-refractivity contribution < 1.29 is 20.4 Å². The van der Waals surface area contributed by atoms with Crippen molar-refractivity contribution in [1.29, 1.82) is 0 Å². The average Bonchev–Trinajstić information content (AvgIpc) is 2.83. The molecule has 6 heteroatoms. The van der Waals surface area contributed by atoms with E-state index in [9.17, 15) is 20.4 Å². The van der Waals surface area contributed by atoms with Crippen LogP contribution < -0.4 is 10.6 Å². The largest absolute Gasteiger partial charge is 0.396 e. The van der Waals surface area contributed by atoms with E-state index in [2.05, 4.69) is 34.9 Å². The van der Waals surface area contributed by atoms with Crippen molar-refractivity contribution >= 4 is 0 Å². The first-order valence-electron chi connectivity index (χ1n) is 11.7. The second-order valence-electron chi connectivity index (χ2n) is 10.8. The minimum Gasteiger partial charge on any atom is -0.396 e. The highest BCUT2D eigenvalue weighted by atomic mass is 16.3. The van der Waals surface area contributed by atoms with Crippen LogP contribution in [0.1, 0.15) is 23.0 Å². The Morgan fingerprint density at radius 3 is 1.03 bits per heavy atom.